The molecule has 0 spiro atoms. The van der Waals surface area contributed by atoms with Crippen molar-refractivity contribution in [2.75, 3.05) is 0 Å². The van der Waals surface area contributed by atoms with Gasteiger partial charge in [0.1, 0.15) is 0 Å². The summed E-state index contributed by atoms with van der Waals surface area (Å²) < 4.78 is 7.13. The van der Waals surface area contributed by atoms with Gasteiger partial charge in [-0.05, 0) is 96.1 Å². The Kier molecular flexibility index (Phi) is 7.87. The molecule has 9 aromatic carbocycles. The fourth-order valence-corrected chi connectivity index (χ4v) is 10.0. The summed E-state index contributed by atoms with van der Waals surface area (Å²) in [5.41, 5.74) is 16.6. The van der Waals surface area contributed by atoms with Crippen LogP contribution in [0.2, 0.25) is 0 Å². The number of hydrogen-bond donors (Lipinski definition) is 0. The fraction of sp³-hybridized carbons (Fsp3) is 0. The number of hydrogen-bond acceptors (Lipinski definition) is 1. The Morgan fingerprint density at radius 3 is 0.889 bits per heavy atom. The van der Waals surface area contributed by atoms with Crippen molar-refractivity contribution in [1.29, 1.82) is 0 Å². The molecule has 0 saturated carbocycles. The molecule has 63 heavy (non-hydrogen) atoms. The minimum atomic E-state index is 0.916. The lowest BCUT2D eigenvalue weighted by atomic mass is 9.99. The molecule has 0 amide bonds. The van der Waals surface area contributed by atoms with Crippen LogP contribution < -0.4 is 0 Å². The molecule has 4 heterocycles. The molecular weight excluding hydrogens is 765 g/mol. The number of aromatic nitrogens is 4. The predicted octanol–water partition coefficient (Wildman–Crippen LogP) is 15.4. The summed E-state index contributed by atoms with van der Waals surface area (Å²) in [6.45, 7) is 0. The summed E-state index contributed by atoms with van der Waals surface area (Å²) in [4.78, 5) is 5.50. The van der Waals surface area contributed by atoms with Crippen molar-refractivity contribution in [1.82, 2.24) is 18.7 Å². The smallest absolute Gasteiger partial charge is 0.0716 e. The Bertz CT molecular complexity index is 3580. The number of rotatable bonds is 6. The van der Waals surface area contributed by atoms with Gasteiger partial charge in [-0.2, -0.15) is 0 Å². The molecule has 4 aromatic heterocycles. The first-order chi connectivity index (χ1) is 31.2. The molecule has 4 nitrogen and oxygen atoms in total. The van der Waals surface area contributed by atoms with Crippen LogP contribution in [-0.2, 0) is 0 Å². The molecule has 0 radical (unpaired) electrons. The Morgan fingerprint density at radius 1 is 0.222 bits per heavy atom. The number of pyridine rings is 1. The van der Waals surface area contributed by atoms with Crippen molar-refractivity contribution in [2.24, 2.45) is 0 Å². The van der Waals surface area contributed by atoms with Crippen LogP contribution in [0, 0.1) is 0 Å². The normalized spacial score (nSPS) is 11.8. The zero-order valence-corrected chi connectivity index (χ0v) is 34.2. The van der Waals surface area contributed by atoms with Gasteiger partial charge in [0, 0.05) is 60.5 Å². The van der Waals surface area contributed by atoms with Gasteiger partial charge >= 0.3 is 0 Å². The lowest BCUT2D eigenvalue weighted by molar-refractivity contribution is 1.17. The standard InChI is InChI=1S/C59H38N4/c1-7-25-54-46(19-1)47-20-2-8-26-55(47)61(54)43-33-31-39(32-34-43)42-37-52(40-15-13-17-44(35-40)62-56-27-9-3-21-48(56)49-22-4-10-28-57(49)62)60-53(38-42)41-16-14-18-45(36-41)63-58-29-11-5-23-50(58)51-24-6-12-30-59(51)63/h1-38H. The summed E-state index contributed by atoms with van der Waals surface area (Å²) >= 11 is 0. The van der Waals surface area contributed by atoms with E-state index in [4.69, 9.17) is 4.98 Å². The summed E-state index contributed by atoms with van der Waals surface area (Å²) in [6.07, 6.45) is 0. The molecule has 0 fully saturated rings. The Labute approximate surface area is 363 Å². The number of para-hydroxylation sites is 6. The van der Waals surface area contributed by atoms with E-state index >= 15 is 0 Å². The van der Waals surface area contributed by atoms with E-state index in [-0.39, 0.29) is 0 Å². The number of nitrogens with zero attached hydrogens (tertiary/aromatic N) is 4. The van der Waals surface area contributed by atoms with E-state index < -0.39 is 0 Å². The molecule has 4 heteroatoms. The maximum Gasteiger partial charge on any atom is 0.0716 e. The van der Waals surface area contributed by atoms with Crippen LogP contribution in [0.5, 0.6) is 0 Å². The molecule has 0 aliphatic rings. The van der Waals surface area contributed by atoms with Crippen LogP contribution in [0.4, 0.5) is 0 Å². The van der Waals surface area contributed by atoms with Crippen LogP contribution in [0.15, 0.2) is 231 Å². The third kappa shape index (κ3) is 5.59. The second kappa shape index (κ2) is 14.1. The second-order valence-corrected chi connectivity index (χ2v) is 16.4. The van der Waals surface area contributed by atoms with E-state index in [1.54, 1.807) is 0 Å². The predicted molar refractivity (Wildman–Crippen MR) is 264 cm³/mol. The third-order valence-corrected chi connectivity index (χ3v) is 12.8. The average Bonchev–Trinajstić information content (AvgIpc) is 4.00. The van der Waals surface area contributed by atoms with Gasteiger partial charge in [-0.15, -0.1) is 0 Å². The molecule has 0 atom stereocenters. The Morgan fingerprint density at radius 2 is 0.540 bits per heavy atom. The average molecular weight is 803 g/mol. The molecule has 0 bridgehead atoms. The Balaban J connectivity index is 0.986. The van der Waals surface area contributed by atoms with Crippen molar-refractivity contribution >= 4 is 65.4 Å². The molecule has 0 saturated heterocycles. The molecule has 294 valence electrons. The van der Waals surface area contributed by atoms with Crippen molar-refractivity contribution in [2.45, 2.75) is 0 Å². The van der Waals surface area contributed by atoms with E-state index in [0.29, 0.717) is 0 Å². The second-order valence-electron chi connectivity index (χ2n) is 16.4. The van der Waals surface area contributed by atoms with Crippen LogP contribution in [0.3, 0.4) is 0 Å². The molecule has 0 aliphatic carbocycles. The minimum absolute atomic E-state index is 0.916. The highest BCUT2D eigenvalue weighted by Gasteiger charge is 2.17. The minimum Gasteiger partial charge on any atom is -0.309 e. The van der Waals surface area contributed by atoms with Crippen molar-refractivity contribution < 1.29 is 0 Å². The quantitative estimate of drug-likeness (QED) is 0.165. The van der Waals surface area contributed by atoms with Crippen LogP contribution in [0.1, 0.15) is 0 Å². The SMILES string of the molecule is c1cc(-c2cc(-c3ccc(-n4c5ccccc5c5ccccc54)cc3)cc(-c3cccc(-n4c5ccccc5c5ccccc54)c3)n2)cc(-n2c3ccccc3c3ccccc32)c1. The van der Waals surface area contributed by atoms with Gasteiger partial charge in [0.25, 0.3) is 0 Å². The summed E-state index contributed by atoms with van der Waals surface area (Å²) in [7, 11) is 0. The van der Waals surface area contributed by atoms with Crippen LogP contribution in [0.25, 0.3) is 116 Å². The van der Waals surface area contributed by atoms with Crippen LogP contribution >= 0.6 is 0 Å². The molecule has 13 aromatic rings. The van der Waals surface area contributed by atoms with Crippen molar-refractivity contribution in [3.8, 4) is 50.7 Å². The van der Waals surface area contributed by atoms with Crippen LogP contribution in [-0.4, -0.2) is 18.7 Å². The highest BCUT2D eigenvalue weighted by molar-refractivity contribution is 6.11. The zero-order valence-electron chi connectivity index (χ0n) is 34.2. The summed E-state index contributed by atoms with van der Waals surface area (Å²) in [5, 5.41) is 7.49. The molecular formula is C59H38N4. The van der Waals surface area contributed by atoms with E-state index in [9.17, 15) is 0 Å². The van der Waals surface area contributed by atoms with E-state index in [2.05, 4.69) is 244 Å². The van der Waals surface area contributed by atoms with Gasteiger partial charge < -0.3 is 13.7 Å². The summed E-state index contributed by atoms with van der Waals surface area (Å²) in [6, 6.07) is 83.3. The van der Waals surface area contributed by atoms with Gasteiger partial charge in [0.2, 0.25) is 0 Å². The lowest BCUT2D eigenvalue weighted by Gasteiger charge is -2.14. The lowest BCUT2D eigenvalue weighted by Crippen LogP contribution is -1.97. The monoisotopic (exact) mass is 802 g/mol. The number of fused-ring (bicyclic) bond motifs is 9. The Hall–Kier alpha value is -8.47. The third-order valence-electron chi connectivity index (χ3n) is 12.8. The van der Waals surface area contributed by atoms with E-state index in [0.717, 1.165) is 50.7 Å². The molecule has 0 aliphatic heterocycles. The first kappa shape index (κ1) is 35.3. The maximum atomic E-state index is 5.50. The fourth-order valence-electron chi connectivity index (χ4n) is 10.0. The van der Waals surface area contributed by atoms with Gasteiger partial charge in [0.05, 0.1) is 44.5 Å². The topological polar surface area (TPSA) is 27.7 Å². The zero-order chi connectivity index (χ0) is 41.4. The first-order valence-corrected chi connectivity index (χ1v) is 21.5. The maximum absolute atomic E-state index is 5.50. The van der Waals surface area contributed by atoms with Gasteiger partial charge in [0.15, 0.2) is 0 Å². The highest BCUT2D eigenvalue weighted by atomic mass is 15.0. The first-order valence-electron chi connectivity index (χ1n) is 21.5. The van der Waals surface area contributed by atoms with Crippen molar-refractivity contribution in [3.05, 3.63) is 231 Å². The number of benzene rings is 9. The van der Waals surface area contributed by atoms with Gasteiger partial charge in [-0.1, -0.05) is 146 Å². The molecule has 0 N–H and O–H groups in total. The van der Waals surface area contributed by atoms with Crippen molar-refractivity contribution in [3.63, 3.8) is 0 Å². The highest BCUT2D eigenvalue weighted by Crippen LogP contribution is 2.38. The van der Waals surface area contributed by atoms with E-state index in [1.807, 2.05) is 0 Å². The summed E-state index contributed by atoms with van der Waals surface area (Å²) in [5.74, 6) is 0. The van der Waals surface area contributed by atoms with E-state index in [1.165, 1.54) is 65.4 Å². The molecule has 0 unspecified atom stereocenters. The van der Waals surface area contributed by atoms with Gasteiger partial charge in [-0.25, -0.2) is 4.98 Å². The molecule has 13 rings (SSSR count). The largest absolute Gasteiger partial charge is 0.309 e. The van der Waals surface area contributed by atoms with Gasteiger partial charge in [-0.3, -0.25) is 0 Å².